The fourth-order valence-corrected chi connectivity index (χ4v) is 6.63. The van der Waals surface area contributed by atoms with Crippen LogP contribution in [0.4, 0.5) is 16.3 Å². The molecule has 4 aromatic rings. The fourth-order valence-electron chi connectivity index (χ4n) is 6.47. The van der Waals surface area contributed by atoms with Crippen LogP contribution >= 0.6 is 11.6 Å². The van der Waals surface area contributed by atoms with Crippen molar-refractivity contribution < 1.29 is 14.6 Å². The van der Waals surface area contributed by atoms with Crippen molar-refractivity contribution in [2.75, 3.05) is 23.8 Å². The number of aliphatic imine (C=N–C) groups is 1. The molecule has 1 aliphatic carbocycles. The molecule has 12 heteroatoms. The Morgan fingerprint density at radius 3 is 2.48 bits per heavy atom. The lowest BCUT2D eigenvalue weighted by molar-refractivity contribution is 0.184. The quantitative estimate of drug-likeness (QED) is 0.0924. The van der Waals surface area contributed by atoms with E-state index in [-0.39, 0.29) is 24.3 Å². The number of anilines is 2. The molecule has 5 N–H and O–H groups in total. The highest BCUT2D eigenvalue weighted by atomic mass is 35.5. The molecule has 11 nitrogen and oxygen atoms in total. The molecule has 2 fully saturated rings. The molecule has 3 heterocycles. The van der Waals surface area contributed by atoms with Crippen LogP contribution in [0.2, 0.25) is 5.02 Å². The maximum Gasteiger partial charge on any atom is 0.433 e. The molecule has 1 saturated heterocycles. The third kappa shape index (κ3) is 8.39. The van der Waals surface area contributed by atoms with Crippen LogP contribution in [0, 0.1) is 5.92 Å². The molecule has 6 rings (SSSR count). The van der Waals surface area contributed by atoms with E-state index in [1.54, 1.807) is 6.07 Å². The van der Waals surface area contributed by atoms with Crippen molar-refractivity contribution in [2.45, 2.75) is 64.0 Å². The highest BCUT2D eigenvalue weighted by molar-refractivity contribution is 6.30. The van der Waals surface area contributed by atoms with Gasteiger partial charge < -0.3 is 26.3 Å². The molecular formula is C36H41ClN8O3. The number of nitrogens with one attached hydrogen (secondary N) is 2. The predicted octanol–water partition coefficient (Wildman–Crippen LogP) is 7.70. The number of hydrogen-bond donors (Lipinski definition) is 4. The Hall–Kier alpha value is -4.74. The number of nitrogens with two attached hydrogens (primary N) is 1. The molecule has 0 bridgehead atoms. The maximum atomic E-state index is 11.6. The lowest BCUT2D eigenvalue weighted by Crippen LogP contribution is -2.39. The second-order valence-electron chi connectivity index (χ2n) is 12.3. The van der Waals surface area contributed by atoms with Gasteiger partial charge in [-0.15, -0.1) is 0 Å². The first kappa shape index (κ1) is 33.2. The molecule has 2 aromatic heterocycles. The van der Waals surface area contributed by atoms with Gasteiger partial charge in [0.2, 0.25) is 5.88 Å². The Labute approximate surface area is 285 Å². The molecule has 0 spiro atoms. The van der Waals surface area contributed by atoms with Gasteiger partial charge in [0.05, 0.1) is 16.6 Å². The van der Waals surface area contributed by atoms with Gasteiger partial charge in [-0.1, -0.05) is 97.9 Å². The van der Waals surface area contributed by atoms with E-state index in [0.29, 0.717) is 46.1 Å². The van der Waals surface area contributed by atoms with Crippen LogP contribution < -0.4 is 21.2 Å². The molecule has 0 unspecified atom stereocenters. The molecular weight excluding hydrogens is 628 g/mol. The standard InChI is InChI=1S/C36H41ClN8O3/c37-27-20-28(35(40-22-27)48-23-25-14-6-2-7-15-25)30-31(39-21-24-12-4-1-5-13-24)33(43-34(41-30)32(38)42-36(46)47)44-45-19-11-10-18-29(45)26-16-8-3-9-17-26/h2-3,6-9,14-17,20,22,24,29,39H,1,4-5,10-13,18-19,21,23H2,(H2,38,42)(H,46,47)(H,41,43,44)/t29-/m0/s1. The van der Waals surface area contributed by atoms with Gasteiger partial charge in [0.15, 0.2) is 17.5 Å². The third-order valence-electron chi connectivity index (χ3n) is 8.87. The zero-order chi connectivity index (χ0) is 33.3. The average Bonchev–Trinajstić information content (AvgIpc) is 3.11. The smallest absolute Gasteiger partial charge is 0.433 e. The van der Waals surface area contributed by atoms with Crippen molar-refractivity contribution in [1.29, 1.82) is 0 Å². The second kappa shape index (κ2) is 15.9. The van der Waals surface area contributed by atoms with Crippen LogP contribution in [-0.4, -0.2) is 50.1 Å². The second-order valence-corrected chi connectivity index (χ2v) is 12.7. The summed E-state index contributed by atoms with van der Waals surface area (Å²) in [5.41, 5.74) is 13.5. The van der Waals surface area contributed by atoms with Gasteiger partial charge in [0.25, 0.3) is 0 Å². The number of amides is 1. The van der Waals surface area contributed by atoms with Crippen molar-refractivity contribution in [1.82, 2.24) is 20.0 Å². The summed E-state index contributed by atoms with van der Waals surface area (Å²) < 4.78 is 6.27. The van der Waals surface area contributed by atoms with Crippen molar-refractivity contribution >= 4 is 35.0 Å². The number of halogens is 1. The van der Waals surface area contributed by atoms with E-state index in [2.05, 4.69) is 37.9 Å². The Balaban J connectivity index is 1.47. The van der Waals surface area contributed by atoms with E-state index in [1.165, 1.54) is 31.0 Å². The van der Waals surface area contributed by atoms with Crippen LogP contribution in [-0.2, 0) is 6.61 Å². The highest BCUT2D eigenvalue weighted by Gasteiger charge is 2.28. The highest BCUT2D eigenvalue weighted by Crippen LogP contribution is 2.40. The number of carboxylic acid groups (broad SMARTS) is 1. The molecule has 2 aliphatic rings. The van der Waals surface area contributed by atoms with Gasteiger partial charge in [0, 0.05) is 19.3 Å². The summed E-state index contributed by atoms with van der Waals surface area (Å²) in [5.74, 6) is 0.877. The topological polar surface area (TPSA) is 151 Å². The summed E-state index contributed by atoms with van der Waals surface area (Å²) in [4.78, 5) is 29.3. The Bertz CT molecular complexity index is 1720. The molecule has 2 aromatic carbocycles. The van der Waals surface area contributed by atoms with Crippen LogP contribution in [0.15, 0.2) is 77.9 Å². The van der Waals surface area contributed by atoms with Gasteiger partial charge in [0.1, 0.15) is 18.0 Å². The van der Waals surface area contributed by atoms with Crippen molar-refractivity contribution in [3.05, 3.63) is 94.9 Å². The van der Waals surface area contributed by atoms with Crippen LogP contribution in [0.5, 0.6) is 5.88 Å². The number of benzene rings is 2. The molecule has 1 amide bonds. The van der Waals surface area contributed by atoms with E-state index >= 15 is 0 Å². The number of rotatable bonds is 11. The maximum absolute atomic E-state index is 11.6. The number of hydrogen-bond acceptors (Lipinski definition) is 8. The normalized spacial score (nSPS) is 17.5. The summed E-state index contributed by atoms with van der Waals surface area (Å²) in [6.07, 6.45) is 9.07. The monoisotopic (exact) mass is 668 g/mol. The first-order valence-corrected chi connectivity index (χ1v) is 17.0. The number of carbonyl (C=O) groups is 1. The number of piperidine rings is 1. The predicted molar refractivity (Wildman–Crippen MR) is 188 cm³/mol. The number of pyridine rings is 1. The largest absolute Gasteiger partial charge is 0.472 e. The minimum atomic E-state index is -1.44. The van der Waals surface area contributed by atoms with Crippen LogP contribution in [0.25, 0.3) is 11.3 Å². The molecule has 48 heavy (non-hydrogen) atoms. The zero-order valence-corrected chi connectivity index (χ0v) is 27.6. The Morgan fingerprint density at radius 1 is 1.00 bits per heavy atom. The summed E-state index contributed by atoms with van der Waals surface area (Å²) in [6, 6.07) is 22.0. The van der Waals surface area contributed by atoms with Crippen molar-refractivity contribution in [2.24, 2.45) is 16.6 Å². The Kier molecular flexibility index (Phi) is 11.0. The molecule has 1 atom stereocenters. The first-order chi connectivity index (χ1) is 23.4. The van der Waals surface area contributed by atoms with E-state index in [4.69, 9.17) is 32.0 Å². The molecule has 0 radical (unpaired) electrons. The van der Waals surface area contributed by atoms with Gasteiger partial charge >= 0.3 is 6.09 Å². The number of aromatic nitrogens is 3. The molecule has 1 saturated carbocycles. The van der Waals surface area contributed by atoms with Crippen LogP contribution in [0.3, 0.4) is 0 Å². The third-order valence-corrected chi connectivity index (χ3v) is 9.08. The van der Waals surface area contributed by atoms with E-state index in [0.717, 1.165) is 44.2 Å². The Morgan fingerprint density at radius 2 is 1.73 bits per heavy atom. The number of nitrogens with zero attached hydrogens (tertiary/aromatic N) is 5. The summed E-state index contributed by atoms with van der Waals surface area (Å²) in [5, 5.41) is 15.7. The fraction of sp³-hybridized carbons (Fsp3) is 0.361. The van der Waals surface area contributed by atoms with E-state index in [9.17, 15) is 9.90 Å². The van der Waals surface area contributed by atoms with E-state index in [1.807, 2.05) is 48.5 Å². The number of amidine groups is 1. The average molecular weight is 669 g/mol. The zero-order valence-electron chi connectivity index (χ0n) is 26.8. The lowest BCUT2D eigenvalue weighted by atomic mass is 9.89. The minimum absolute atomic E-state index is 0.0413. The summed E-state index contributed by atoms with van der Waals surface area (Å²) in [6.45, 7) is 1.75. The molecule has 250 valence electrons. The van der Waals surface area contributed by atoms with Gasteiger partial charge in [-0.25, -0.2) is 24.8 Å². The summed E-state index contributed by atoms with van der Waals surface area (Å²) >= 11 is 6.56. The van der Waals surface area contributed by atoms with Gasteiger partial charge in [-0.05, 0) is 48.8 Å². The van der Waals surface area contributed by atoms with Crippen LogP contribution in [0.1, 0.15) is 74.4 Å². The van der Waals surface area contributed by atoms with Crippen molar-refractivity contribution in [3.63, 3.8) is 0 Å². The van der Waals surface area contributed by atoms with E-state index < -0.39 is 6.09 Å². The first-order valence-electron chi connectivity index (χ1n) is 16.6. The summed E-state index contributed by atoms with van der Waals surface area (Å²) in [7, 11) is 0. The van der Waals surface area contributed by atoms with Gasteiger partial charge in [-0.2, -0.15) is 4.99 Å². The number of ether oxygens (including phenoxy) is 1. The SMILES string of the molecule is NC(=NC(=O)O)c1nc(NN2CCCC[C@H]2c2ccccc2)c(NCC2CCCCC2)c(-c2cc(Cl)cnc2OCc2ccccc2)n1. The lowest BCUT2D eigenvalue weighted by Gasteiger charge is -2.37. The van der Waals surface area contributed by atoms with Crippen molar-refractivity contribution in [3.8, 4) is 17.1 Å². The minimum Gasteiger partial charge on any atom is -0.472 e. The molecule has 1 aliphatic heterocycles. The number of hydrazine groups is 1. The van der Waals surface area contributed by atoms with Gasteiger partial charge in [-0.3, -0.25) is 0 Å².